The van der Waals surface area contributed by atoms with Crippen LogP contribution in [0.2, 0.25) is 0 Å². The average Bonchev–Trinajstić information content (AvgIpc) is 3.09. The maximum atomic E-state index is 13.0. The van der Waals surface area contributed by atoms with Gasteiger partial charge in [0, 0.05) is 17.7 Å². The third-order valence-electron chi connectivity index (χ3n) is 6.43. The Kier molecular flexibility index (Phi) is 5.81. The van der Waals surface area contributed by atoms with Crippen molar-refractivity contribution in [2.24, 2.45) is 0 Å². The van der Waals surface area contributed by atoms with Gasteiger partial charge in [-0.25, -0.2) is 4.79 Å². The van der Waals surface area contributed by atoms with Crippen molar-refractivity contribution in [2.45, 2.75) is 65.4 Å². The largest absolute Gasteiger partial charge is 0.456 e. The van der Waals surface area contributed by atoms with E-state index in [1.54, 1.807) is 0 Å². The number of aryl methyl sites for hydroxylation is 1. The second kappa shape index (κ2) is 8.42. The predicted octanol–water partition coefficient (Wildman–Crippen LogP) is 6.20. The Morgan fingerprint density at radius 1 is 1.00 bits per heavy atom. The molecule has 0 aliphatic heterocycles. The lowest BCUT2D eigenvalue weighted by molar-refractivity contribution is 0.0465. The molecule has 0 bridgehead atoms. The van der Waals surface area contributed by atoms with E-state index in [2.05, 4.69) is 50.0 Å². The molecular weight excluding hydrogens is 398 g/mol. The molecule has 0 amide bonds. The second-order valence-corrected chi connectivity index (χ2v) is 9.94. The highest BCUT2D eigenvalue weighted by Gasteiger charge is 2.32. The minimum atomic E-state index is -0.420. The molecule has 1 unspecified atom stereocenters. The number of ketones is 1. The number of aromatic amines is 1. The quantitative estimate of drug-likeness (QED) is 0.502. The van der Waals surface area contributed by atoms with E-state index in [1.165, 1.54) is 5.56 Å². The molecule has 166 valence electrons. The Balaban J connectivity index is 1.51. The number of hydrogen-bond donors (Lipinski definition) is 1. The lowest BCUT2D eigenvalue weighted by Gasteiger charge is -2.24. The maximum absolute atomic E-state index is 13.0. The molecule has 4 heteroatoms. The number of Topliss-reactive ketones (excluding diaryl/α,β-unsaturated/α-hetero) is 1. The van der Waals surface area contributed by atoms with Gasteiger partial charge in [0.1, 0.15) is 12.3 Å². The van der Waals surface area contributed by atoms with Crippen molar-refractivity contribution in [1.29, 1.82) is 0 Å². The molecule has 32 heavy (non-hydrogen) atoms. The molecule has 0 fully saturated rings. The zero-order chi connectivity index (χ0) is 23.0. The van der Waals surface area contributed by atoms with Gasteiger partial charge in [0.25, 0.3) is 0 Å². The van der Waals surface area contributed by atoms with Crippen molar-refractivity contribution in [3.8, 4) is 0 Å². The number of carbonyl (C=O) groups is 2. The minimum absolute atomic E-state index is 0.0856. The first-order valence-electron chi connectivity index (χ1n) is 11.2. The van der Waals surface area contributed by atoms with Crippen molar-refractivity contribution in [3.63, 3.8) is 0 Å². The monoisotopic (exact) mass is 429 g/mol. The molecule has 3 aromatic rings. The van der Waals surface area contributed by atoms with Gasteiger partial charge in [0.15, 0.2) is 5.78 Å². The molecule has 1 aliphatic carbocycles. The molecule has 0 spiro atoms. The first-order chi connectivity index (χ1) is 15.1. The van der Waals surface area contributed by atoms with E-state index in [0.29, 0.717) is 29.7 Å². The summed E-state index contributed by atoms with van der Waals surface area (Å²) in [5.41, 5.74) is 7.21. The van der Waals surface area contributed by atoms with Gasteiger partial charge < -0.3 is 9.72 Å². The van der Waals surface area contributed by atoms with E-state index < -0.39 is 5.97 Å². The highest BCUT2D eigenvalue weighted by Crippen LogP contribution is 2.36. The highest BCUT2D eigenvalue weighted by atomic mass is 16.5. The number of hydrogen-bond acceptors (Lipinski definition) is 3. The third-order valence-corrected chi connectivity index (χ3v) is 6.43. The number of esters is 1. The summed E-state index contributed by atoms with van der Waals surface area (Å²) in [4.78, 5) is 29.0. The van der Waals surface area contributed by atoms with Crippen LogP contribution in [0.4, 0.5) is 0 Å². The molecular formula is C28H31NO3. The fourth-order valence-corrected chi connectivity index (χ4v) is 4.43. The molecule has 4 nitrogen and oxygen atoms in total. The SMILES string of the molecule is Cc1ccc(COC(=O)c2[nH]c3c(c2C)C(=O)CC(c2ccc(C(C)(C)C)cc2)C3)cc1. The van der Waals surface area contributed by atoms with Crippen LogP contribution in [0.25, 0.3) is 0 Å². The number of carbonyl (C=O) groups excluding carboxylic acids is 2. The summed E-state index contributed by atoms with van der Waals surface area (Å²) >= 11 is 0. The summed E-state index contributed by atoms with van der Waals surface area (Å²) in [5, 5.41) is 0. The fraction of sp³-hybridized carbons (Fsp3) is 0.357. The van der Waals surface area contributed by atoms with E-state index in [-0.39, 0.29) is 23.7 Å². The van der Waals surface area contributed by atoms with Crippen LogP contribution in [0.3, 0.4) is 0 Å². The Labute approximate surface area is 190 Å². The van der Waals surface area contributed by atoms with Crippen LogP contribution >= 0.6 is 0 Å². The number of nitrogens with one attached hydrogen (secondary N) is 1. The second-order valence-electron chi connectivity index (χ2n) is 9.94. The first kappa shape index (κ1) is 22.1. The number of fused-ring (bicyclic) bond motifs is 1. The van der Waals surface area contributed by atoms with Crippen LogP contribution in [0, 0.1) is 13.8 Å². The summed E-state index contributed by atoms with van der Waals surface area (Å²) in [6.07, 6.45) is 1.17. The van der Waals surface area contributed by atoms with Crippen LogP contribution in [0.15, 0.2) is 48.5 Å². The van der Waals surface area contributed by atoms with E-state index in [0.717, 1.165) is 22.4 Å². The van der Waals surface area contributed by atoms with Crippen molar-refractivity contribution >= 4 is 11.8 Å². The maximum Gasteiger partial charge on any atom is 0.355 e. The standard InChI is InChI=1S/C28H31NO3/c1-17-6-8-19(9-7-17)16-32-27(31)26-18(2)25-23(29-26)14-21(15-24(25)30)20-10-12-22(13-11-20)28(3,4)5/h6-13,21,29H,14-16H2,1-5H3. The van der Waals surface area contributed by atoms with Gasteiger partial charge in [-0.05, 0) is 53.9 Å². The number of rotatable bonds is 4. The molecule has 1 aliphatic rings. The van der Waals surface area contributed by atoms with Gasteiger partial charge in [-0.1, -0.05) is 74.9 Å². The van der Waals surface area contributed by atoms with Crippen LogP contribution < -0.4 is 0 Å². The highest BCUT2D eigenvalue weighted by molar-refractivity contribution is 6.03. The molecule has 2 aromatic carbocycles. The zero-order valence-electron chi connectivity index (χ0n) is 19.5. The summed E-state index contributed by atoms with van der Waals surface area (Å²) in [6.45, 7) is 10.6. The van der Waals surface area contributed by atoms with Gasteiger partial charge in [0.05, 0.1) is 0 Å². The summed E-state index contributed by atoms with van der Waals surface area (Å²) in [7, 11) is 0. The van der Waals surface area contributed by atoms with Crippen LogP contribution in [-0.2, 0) is 23.2 Å². The van der Waals surface area contributed by atoms with E-state index >= 15 is 0 Å². The van der Waals surface area contributed by atoms with Gasteiger partial charge >= 0.3 is 5.97 Å². The lowest BCUT2D eigenvalue weighted by Crippen LogP contribution is -2.19. The lowest BCUT2D eigenvalue weighted by atomic mass is 9.80. The van der Waals surface area contributed by atoms with Crippen molar-refractivity contribution < 1.29 is 14.3 Å². The molecule has 1 atom stereocenters. The first-order valence-corrected chi connectivity index (χ1v) is 11.2. The molecule has 1 N–H and O–H groups in total. The van der Waals surface area contributed by atoms with Gasteiger partial charge in [-0.3, -0.25) is 4.79 Å². The third kappa shape index (κ3) is 4.40. The molecule has 0 saturated carbocycles. The zero-order valence-corrected chi connectivity index (χ0v) is 19.5. The van der Waals surface area contributed by atoms with Crippen molar-refractivity contribution in [1.82, 2.24) is 4.98 Å². The van der Waals surface area contributed by atoms with Crippen molar-refractivity contribution in [2.75, 3.05) is 0 Å². The Morgan fingerprint density at radius 3 is 2.28 bits per heavy atom. The van der Waals surface area contributed by atoms with Gasteiger partial charge in [-0.15, -0.1) is 0 Å². The fourth-order valence-electron chi connectivity index (χ4n) is 4.43. The molecule has 0 saturated heterocycles. The average molecular weight is 430 g/mol. The topological polar surface area (TPSA) is 59.2 Å². The predicted molar refractivity (Wildman–Crippen MR) is 126 cm³/mol. The number of aromatic nitrogens is 1. The smallest absolute Gasteiger partial charge is 0.355 e. The molecule has 4 rings (SSSR count). The normalized spacial score (nSPS) is 16.0. The van der Waals surface area contributed by atoms with Crippen LogP contribution in [0.5, 0.6) is 0 Å². The van der Waals surface area contributed by atoms with Crippen LogP contribution in [-0.4, -0.2) is 16.7 Å². The minimum Gasteiger partial charge on any atom is -0.456 e. The van der Waals surface area contributed by atoms with E-state index in [1.807, 2.05) is 38.1 Å². The Morgan fingerprint density at radius 2 is 1.66 bits per heavy atom. The molecule has 1 heterocycles. The summed E-state index contributed by atoms with van der Waals surface area (Å²) < 4.78 is 5.52. The van der Waals surface area contributed by atoms with E-state index in [9.17, 15) is 9.59 Å². The number of ether oxygens (including phenoxy) is 1. The van der Waals surface area contributed by atoms with Crippen molar-refractivity contribution in [3.05, 3.63) is 93.3 Å². The Bertz CT molecular complexity index is 1150. The summed E-state index contributed by atoms with van der Waals surface area (Å²) in [5.74, 6) is -0.225. The van der Waals surface area contributed by atoms with Gasteiger partial charge in [-0.2, -0.15) is 0 Å². The molecule has 1 aromatic heterocycles. The van der Waals surface area contributed by atoms with Gasteiger partial charge in [0.2, 0.25) is 0 Å². The number of benzene rings is 2. The molecule has 0 radical (unpaired) electrons. The number of H-pyrrole nitrogens is 1. The van der Waals surface area contributed by atoms with E-state index in [4.69, 9.17) is 4.74 Å². The summed E-state index contributed by atoms with van der Waals surface area (Å²) in [6, 6.07) is 16.5. The Hall–Kier alpha value is -3.14. The van der Waals surface area contributed by atoms with Crippen LogP contribution in [0.1, 0.15) is 87.5 Å².